The summed E-state index contributed by atoms with van der Waals surface area (Å²) in [5.41, 5.74) is 3.89. The minimum atomic E-state index is -0.656. The molecule has 194 valence electrons. The second-order valence-corrected chi connectivity index (χ2v) is 10.8. The van der Waals surface area contributed by atoms with Crippen LogP contribution in [-0.4, -0.2) is 28.8 Å². The Kier molecular flexibility index (Phi) is 9.65. The number of nitrogens with zero attached hydrogens (tertiary/aromatic N) is 1. The molecule has 0 saturated heterocycles. The minimum Gasteiger partial charge on any atom is -0.352 e. The minimum absolute atomic E-state index is 0.102. The Bertz CT molecular complexity index is 1190. The van der Waals surface area contributed by atoms with Gasteiger partial charge < -0.3 is 10.2 Å². The molecule has 0 unspecified atom stereocenters. The van der Waals surface area contributed by atoms with Crippen LogP contribution < -0.4 is 5.32 Å². The Morgan fingerprint density at radius 2 is 1.54 bits per heavy atom. The standard InChI is InChI=1S/C31H34Cl2N2O2/c1-22-12-14-24(15-13-22)20-30(36)35(21-25-16-17-27(32)28(33)18-25)29(19-23-8-4-2-5-9-23)31(37)34-26-10-6-3-7-11-26/h2,4-5,8-9,12-18,26,29H,3,6-7,10-11,19-21H2,1H3,(H,34,37)/t29-/m0/s1. The maximum atomic E-state index is 13.9. The molecule has 1 aliphatic rings. The van der Waals surface area contributed by atoms with E-state index < -0.39 is 6.04 Å². The largest absolute Gasteiger partial charge is 0.352 e. The van der Waals surface area contributed by atoms with E-state index in [1.165, 1.54) is 6.42 Å². The summed E-state index contributed by atoms with van der Waals surface area (Å²) in [4.78, 5) is 29.4. The fraction of sp³-hybridized carbons (Fsp3) is 0.355. The van der Waals surface area contributed by atoms with Crippen molar-refractivity contribution in [3.05, 3.63) is 105 Å². The molecule has 1 aliphatic carbocycles. The number of hydrogen-bond donors (Lipinski definition) is 1. The number of hydrogen-bond acceptors (Lipinski definition) is 2. The van der Waals surface area contributed by atoms with Gasteiger partial charge in [0, 0.05) is 19.0 Å². The lowest BCUT2D eigenvalue weighted by atomic mass is 9.94. The van der Waals surface area contributed by atoms with Crippen LogP contribution in [0, 0.1) is 6.92 Å². The van der Waals surface area contributed by atoms with Crippen molar-refractivity contribution in [2.45, 2.75) is 70.5 Å². The van der Waals surface area contributed by atoms with Crippen molar-refractivity contribution >= 4 is 35.0 Å². The van der Waals surface area contributed by atoms with E-state index in [9.17, 15) is 9.59 Å². The molecule has 1 fully saturated rings. The van der Waals surface area contributed by atoms with Gasteiger partial charge in [-0.1, -0.05) is 109 Å². The molecule has 4 nitrogen and oxygen atoms in total. The number of rotatable bonds is 9. The molecule has 2 amide bonds. The van der Waals surface area contributed by atoms with Gasteiger partial charge in [-0.15, -0.1) is 0 Å². The molecule has 1 atom stereocenters. The summed E-state index contributed by atoms with van der Waals surface area (Å²) < 4.78 is 0. The summed E-state index contributed by atoms with van der Waals surface area (Å²) in [6.07, 6.45) is 6.05. The van der Waals surface area contributed by atoms with Gasteiger partial charge in [0.05, 0.1) is 16.5 Å². The smallest absolute Gasteiger partial charge is 0.243 e. The third-order valence-electron chi connectivity index (χ3n) is 7.04. The van der Waals surface area contributed by atoms with Crippen molar-refractivity contribution in [3.63, 3.8) is 0 Å². The summed E-state index contributed by atoms with van der Waals surface area (Å²) in [5.74, 6) is -0.206. The third kappa shape index (κ3) is 7.83. The van der Waals surface area contributed by atoms with Crippen LogP contribution in [0.2, 0.25) is 10.0 Å². The van der Waals surface area contributed by atoms with Gasteiger partial charge in [0.2, 0.25) is 11.8 Å². The van der Waals surface area contributed by atoms with Gasteiger partial charge in [-0.3, -0.25) is 9.59 Å². The quantitative estimate of drug-likeness (QED) is 0.322. The van der Waals surface area contributed by atoms with E-state index in [2.05, 4.69) is 5.32 Å². The predicted molar refractivity (Wildman–Crippen MR) is 151 cm³/mol. The number of carbonyl (C=O) groups excluding carboxylic acids is 2. The number of carbonyl (C=O) groups is 2. The van der Waals surface area contributed by atoms with Crippen LogP contribution in [0.3, 0.4) is 0 Å². The molecule has 3 aromatic rings. The number of aryl methyl sites for hydroxylation is 1. The number of amides is 2. The van der Waals surface area contributed by atoms with Gasteiger partial charge in [-0.25, -0.2) is 0 Å². The Morgan fingerprint density at radius 3 is 2.22 bits per heavy atom. The topological polar surface area (TPSA) is 49.4 Å². The summed E-state index contributed by atoms with van der Waals surface area (Å²) in [5, 5.41) is 4.16. The van der Waals surface area contributed by atoms with Crippen molar-refractivity contribution in [3.8, 4) is 0 Å². The number of nitrogens with one attached hydrogen (secondary N) is 1. The Balaban J connectivity index is 1.66. The van der Waals surface area contributed by atoms with Crippen molar-refractivity contribution in [1.82, 2.24) is 10.2 Å². The average molecular weight is 538 g/mol. The van der Waals surface area contributed by atoms with E-state index in [0.29, 0.717) is 16.5 Å². The van der Waals surface area contributed by atoms with Crippen LogP contribution in [0.25, 0.3) is 0 Å². The van der Waals surface area contributed by atoms with E-state index in [-0.39, 0.29) is 30.8 Å². The zero-order valence-corrected chi connectivity index (χ0v) is 22.8. The lowest BCUT2D eigenvalue weighted by molar-refractivity contribution is -0.141. The predicted octanol–water partition coefficient (Wildman–Crippen LogP) is 6.93. The van der Waals surface area contributed by atoms with Gasteiger partial charge >= 0.3 is 0 Å². The van der Waals surface area contributed by atoms with Crippen molar-refractivity contribution < 1.29 is 9.59 Å². The first kappa shape index (κ1) is 27.2. The normalized spacial score (nSPS) is 14.7. The molecule has 4 rings (SSSR count). The van der Waals surface area contributed by atoms with Crippen LogP contribution in [0.4, 0.5) is 0 Å². The van der Waals surface area contributed by atoms with Crippen LogP contribution in [0.15, 0.2) is 72.8 Å². The average Bonchev–Trinajstić information content (AvgIpc) is 2.90. The van der Waals surface area contributed by atoms with Gasteiger partial charge in [0.1, 0.15) is 6.04 Å². The SMILES string of the molecule is Cc1ccc(CC(=O)N(Cc2ccc(Cl)c(Cl)c2)[C@@H](Cc2ccccc2)C(=O)NC2CCCCC2)cc1. The first-order chi connectivity index (χ1) is 17.9. The van der Waals surface area contributed by atoms with E-state index in [0.717, 1.165) is 47.9 Å². The highest BCUT2D eigenvalue weighted by Crippen LogP contribution is 2.25. The molecule has 0 bridgehead atoms. The molecule has 37 heavy (non-hydrogen) atoms. The highest BCUT2D eigenvalue weighted by molar-refractivity contribution is 6.42. The Hall–Kier alpha value is -2.82. The number of halogens is 2. The van der Waals surface area contributed by atoms with Gasteiger partial charge in [-0.05, 0) is 48.6 Å². The second kappa shape index (κ2) is 13.1. The molecule has 6 heteroatoms. The highest BCUT2D eigenvalue weighted by atomic mass is 35.5. The molecular formula is C31H34Cl2N2O2. The van der Waals surface area contributed by atoms with Crippen LogP contribution >= 0.6 is 23.2 Å². The Morgan fingerprint density at radius 1 is 0.865 bits per heavy atom. The molecule has 1 saturated carbocycles. The number of benzene rings is 3. The van der Waals surface area contributed by atoms with Crippen molar-refractivity contribution in [1.29, 1.82) is 0 Å². The molecule has 0 heterocycles. The summed E-state index contributed by atoms with van der Waals surface area (Å²) in [6, 6.07) is 22.7. The molecule has 0 aromatic heterocycles. The third-order valence-corrected chi connectivity index (χ3v) is 7.77. The first-order valence-electron chi connectivity index (χ1n) is 13.0. The fourth-order valence-electron chi connectivity index (χ4n) is 4.92. The van der Waals surface area contributed by atoms with Crippen LogP contribution in [0.1, 0.15) is 54.4 Å². The fourth-order valence-corrected chi connectivity index (χ4v) is 5.24. The van der Waals surface area contributed by atoms with Crippen molar-refractivity contribution in [2.24, 2.45) is 0 Å². The van der Waals surface area contributed by atoms with E-state index in [1.807, 2.05) is 67.6 Å². The van der Waals surface area contributed by atoms with E-state index in [4.69, 9.17) is 23.2 Å². The van der Waals surface area contributed by atoms with Gasteiger partial charge in [0.25, 0.3) is 0 Å². The molecular weight excluding hydrogens is 503 g/mol. The lowest BCUT2D eigenvalue weighted by Crippen LogP contribution is -2.53. The van der Waals surface area contributed by atoms with Crippen LogP contribution in [-0.2, 0) is 29.0 Å². The van der Waals surface area contributed by atoms with E-state index in [1.54, 1.807) is 17.0 Å². The maximum absolute atomic E-state index is 13.9. The van der Waals surface area contributed by atoms with Crippen molar-refractivity contribution in [2.75, 3.05) is 0 Å². The molecule has 1 N–H and O–H groups in total. The Labute approximate surface area is 230 Å². The van der Waals surface area contributed by atoms with E-state index >= 15 is 0 Å². The molecule has 0 radical (unpaired) electrons. The zero-order valence-electron chi connectivity index (χ0n) is 21.3. The summed E-state index contributed by atoms with van der Waals surface area (Å²) in [6.45, 7) is 2.28. The molecule has 0 aliphatic heterocycles. The lowest BCUT2D eigenvalue weighted by Gasteiger charge is -2.33. The summed E-state index contributed by atoms with van der Waals surface area (Å²) >= 11 is 12.5. The second-order valence-electron chi connectivity index (χ2n) is 9.98. The maximum Gasteiger partial charge on any atom is 0.243 e. The summed E-state index contributed by atoms with van der Waals surface area (Å²) in [7, 11) is 0. The molecule has 3 aromatic carbocycles. The first-order valence-corrected chi connectivity index (χ1v) is 13.8. The van der Waals surface area contributed by atoms with Gasteiger partial charge in [-0.2, -0.15) is 0 Å². The zero-order chi connectivity index (χ0) is 26.2. The van der Waals surface area contributed by atoms with Gasteiger partial charge in [0.15, 0.2) is 0 Å². The molecule has 0 spiro atoms. The monoisotopic (exact) mass is 536 g/mol. The highest BCUT2D eigenvalue weighted by Gasteiger charge is 2.32. The van der Waals surface area contributed by atoms with Crippen LogP contribution in [0.5, 0.6) is 0 Å².